The van der Waals surface area contributed by atoms with Gasteiger partial charge in [0, 0.05) is 28.5 Å². The van der Waals surface area contributed by atoms with Crippen LogP contribution in [0.25, 0.3) is 39.3 Å². The summed E-state index contributed by atoms with van der Waals surface area (Å²) in [6.45, 7) is 0.232. The highest BCUT2D eigenvalue weighted by Gasteiger charge is 2.38. The highest BCUT2D eigenvalue weighted by molar-refractivity contribution is 5.81. The van der Waals surface area contributed by atoms with Gasteiger partial charge in [0.25, 0.3) is 0 Å². The second kappa shape index (κ2) is 9.30. The van der Waals surface area contributed by atoms with E-state index in [1.54, 1.807) is 24.4 Å². The molecular weight excluding hydrogens is 496 g/mol. The second-order valence-corrected chi connectivity index (χ2v) is 7.80. The van der Waals surface area contributed by atoms with Crippen LogP contribution in [0.4, 0.5) is 17.6 Å². The van der Waals surface area contributed by atoms with E-state index in [0.717, 1.165) is 39.5 Å². The Hall–Kier alpha value is -4.87. The fraction of sp³-hybridized carbons (Fsp3) is 0.0800. The van der Waals surface area contributed by atoms with Crippen LogP contribution in [0.15, 0.2) is 73.2 Å². The number of H-pyrrole nitrogens is 1. The van der Waals surface area contributed by atoms with Crippen molar-refractivity contribution in [1.29, 1.82) is 0 Å². The van der Waals surface area contributed by atoms with Crippen LogP contribution in [-0.4, -0.2) is 43.6 Å². The zero-order valence-electron chi connectivity index (χ0n) is 18.7. The summed E-state index contributed by atoms with van der Waals surface area (Å²) in [4.78, 5) is 13.4. The minimum absolute atomic E-state index is 0.232. The maximum atomic E-state index is 14.4. The zero-order chi connectivity index (χ0) is 26.2. The molecule has 0 bridgehead atoms. The SMILES string of the molecule is Fc1ccccc1-c1[nH]ncc1-c1ccc2ncc(-c3ccc4c(c3)OCO4)n2c1.O=C(O)C(F)(F)F. The molecule has 2 N–H and O–H groups in total. The first-order valence-corrected chi connectivity index (χ1v) is 10.7. The molecule has 0 radical (unpaired) electrons. The third-order valence-electron chi connectivity index (χ3n) is 5.51. The maximum absolute atomic E-state index is 14.4. The maximum Gasteiger partial charge on any atom is 0.490 e. The van der Waals surface area contributed by atoms with Crippen LogP contribution in [-0.2, 0) is 4.79 Å². The average Bonchev–Trinajstić information content (AvgIpc) is 3.62. The number of hydrogen-bond donors (Lipinski definition) is 2. The topological polar surface area (TPSA) is 102 Å². The van der Waals surface area contributed by atoms with Crippen LogP contribution < -0.4 is 9.47 Å². The van der Waals surface area contributed by atoms with Crippen molar-refractivity contribution < 1.29 is 36.9 Å². The lowest BCUT2D eigenvalue weighted by molar-refractivity contribution is -0.192. The normalized spacial score (nSPS) is 12.3. The number of nitrogens with one attached hydrogen (secondary N) is 1. The number of halogens is 4. The van der Waals surface area contributed by atoms with Gasteiger partial charge in [0.2, 0.25) is 6.79 Å². The molecule has 1 aliphatic heterocycles. The number of ether oxygens (including phenoxy) is 2. The molecule has 0 aliphatic carbocycles. The number of pyridine rings is 1. The molecule has 5 aromatic rings. The third-order valence-corrected chi connectivity index (χ3v) is 5.51. The average molecular weight is 512 g/mol. The summed E-state index contributed by atoms with van der Waals surface area (Å²) < 4.78 is 59.0. The largest absolute Gasteiger partial charge is 0.490 e. The Labute approximate surface area is 205 Å². The lowest BCUT2D eigenvalue weighted by Crippen LogP contribution is -2.21. The quantitative estimate of drug-likeness (QED) is 0.307. The summed E-state index contributed by atoms with van der Waals surface area (Å²) in [5, 5.41) is 14.2. The molecule has 1 aliphatic rings. The van der Waals surface area contributed by atoms with Gasteiger partial charge < -0.3 is 14.6 Å². The molecule has 188 valence electrons. The fourth-order valence-corrected chi connectivity index (χ4v) is 3.78. The van der Waals surface area contributed by atoms with Crippen LogP contribution in [0, 0.1) is 5.82 Å². The van der Waals surface area contributed by atoms with Gasteiger partial charge in [0.15, 0.2) is 11.5 Å². The Balaban J connectivity index is 0.000000355. The summed E-state index contributed by atoms with van der Waals surface area (Å²) in [6.07, 6.45) is 0.432. The molecule has 4 heterocycles. The summed E-state index contributed by atoms with van der Waals surface area (Å²) in [5.41, 5.74) is 5.51. The number of carbonyl (C=O) groups is 1. The smallest absolute Gasteiger partial charge is 0.475 e. The number of aromatic amines is 1. The standard InChI is InChI=1S/C23H15FN4O2.C2HF3O2/c24-18-4-2-1-3-16(18)23-17(10-26-27-23)15-6-8-22-25-11-19(28(22)12-15)14-5-7-20-21(9-14)30-13-29-20;3-2(4,5)1(6)7/h1-12H,13H2,(H,26,27);(H,6,7). The van der Waals surface area contributed by atoms with Gasteiger partial charge in [-0.05, 0) is 42.5 Å². The van der Waals surface area contributed by atoms with Gasteiger partial charge in [-0.25, -0.2) is 14.2 Å². The number of rotatable bonds is 3. The summed E-state index contributed by atoms with van der Waals surface area (Å²) >= 11 is 0. The van der Waals surface area contributed by atoms with Gasteiger partial charge in [0.05, 0.1) is 23.8 Å². The summed E-state index contributed by atoms with van der Waals surface area (Å²) in [7, 11) is 0. The molecule has 0 fully saturated rings. The minimum atomic E-state index is -5.08. The van der Waals surface area contributed by atoms with Crippen molar-refractivity contribution in [2.75, 3.05) is 6.79 Å². The first kappa shape index (κ1) is 23.9. The molecule has 0 unspecified atom stereocenters. The predicted octanol–water partition coefficient (Wildman–Crippen LogP) is 5.56. The number of benzene rings is 2. The molecule has 0 saturated carbocycles. The molecule has 3 aromatic heterocycles. The number of hydrogen-bond acceptors (Lipinski definition) is 5. The van der Waals surface area contributed by atoms with Crippen LogP contribution >= 0.6 is 0 Å². The molecule has 37 heavy (non-hydrogen) atoms. The lowest BCUT2D eigenvalue weighted by atomic mass is 10.0. The number of nitrogens with zero attached hydrogens (tertiary/aromatic N) is 3. The summed E-state index contributed by atoms with van der Waals surface area (Å²) in [6, 6.07) is 16.4. The van der Waals surface area contributed by atoms with Crippen molar-refractivity contribution in [1.82, 2.24) is 19.6 Å². The number of alkyl halides is 3. The number of imidazole rings is 1. The number of fused-ring (bicyclic) bond motifs is 2. The Morgan fingerprint density at radius 1 is 0.973 bits per heavy atom. The molecule has 0 atom stereocenters. The first-order chi connectivity index (χ1) is 17.7. The van der Waals surface area contributed by atoms with Crippen LogP contribution in [0.3, 0.4) is 0 Å². The molecule has 0 saturated heterocycles. The molecule has 12 heteroatoms. The zero-order valence-corrected chi connectivity index (χ0v) is 18.7. The van der Waals surface area contributed by atoms with Crippen LogP contribution in [0.5, 0.6) is 11.5 Å². The van der Waals surface area contributed by atoms with E-state index in [4.69, 9.17) is 19.4 Å². The van der Waals surface area contributed by atoms with Gasteiger partial charge in [-0.2, -0.15) is 18.3 Å². The predicted molar refractivity (Wildman–Crippen MR) is 123 cm³/mol. The Bertz CT molecular complexity index is 1610. The number of aliphatic carboxylic acids is 1. The van der Waals surface area contributed by atoms with Crippen molar-refractivity contribution in [3.8, 4) is 45.1 Å². The van der Waals surface area contributed by atoms with E-state index in [2.05, 4.69) is 15.2 Å². The minimum Gasteiger partial charge on any atom is -0.475 e. The van der Waals surface area contributed by atoms with Gasteiger partial charge in [-0.1, -0.05) is 12.1 Å². The number of carboxylic acids is 1. The van der Waals surface area contributed by atoms with Crippen LogP contribution in [0.1, 0.15) is 0 Å². The molecule has 8 nitrogen and oxygen atoms in total. The third kappa shape index (κ3) is 4.68. The van der Waals surface area contributed by atoms with Crippen molar-refractivity contribution >= 4 is 11.6 Å². The molecular formula is C25H16F4N4O4. The van der Waals surface area contributed by atoms with E-state index in [1.165, 1.54) is 6.07 Å². The van der Waals surface area contributed by atoms with Crippen molar-refractivity contribution in [3.63, 3.8) is 0 Å². The monoisotopic (exact) mass is 512 g/mol. The fourth-order valence-electron chi connectivity index (χ4n) is 3.78. The second-order valence-electron chi connectivity index (χ2n) is 7.80. The van der Waals surface area contributed by atoms with E-state index in [-0.39, 0.29) is 12.6 Å². The highest BCUT2D eigenvalue weighted by atomic mass is 19.4. The Morgan fingerprint density at radius 2 is 1.70 bits per heavy atom. The van der Waals surface area contributed by atoms with Crippen molar-refractivity contribution in [3.05, 3.63) is 79.0 Å². The lowest BCUT2D eigenvalue weighted by Gasteiger charge is -2.08. The van der Waals surface area contributed by atoms with Gasteiger partial charge in [0.1, 0.15) is 11.5 Å². The number of carboxylic acid groups (broad SMARTS) is 1. The Morgan fingerprint density at radius 3 is 2.46 bits per heavy atom. The van der Waals surface area contributed by atoms with Gasteiger partial charge >= 0.3 is 12.1 Å². The first-order valence-electron chi connectivity index (χ1n) is 10.7. The summed E-state index contributed by atoms with van der Waals surface area (Å²) in [5.74, 6) is -1.60. The molecule has 0 spiro atoms. The van der Waals surface area contributed by atoms with E-state index < -0.39 is 12.1 Å². The highest BCUT2D eigenvalue weighted by Crippen LogP contribution is 2.37. The van der Waals surface area contributed by atoms with E-state index >= 15 is 0 Å². The Kier molecular flexibility index (Phi) is 5.99. The van der Waals surface area contributed by atoms with E-state index in [0.29, 0.717) is 11.3 Å². The van der Waals surface area contributed by atoms with Gasteiger partial charge in [-0.15, -0.1) is 0 Å². The van der Waals surface area contributed by atoms with Crippen LogP contribution in [0.2, 0.25) is 0 Å². The van der Waals surface area contributed by atoms with E-state index in [1.807, 2.05) is 47.1 Å². The number of aromatic nitrogens is 4. The molecule has 2 aromatic carbocycles. The van der Waals surface area contributed by atoms with Crippen molar-refractivity contribution in [2.24, 2.45) is 0 Å². The molecule has 6 rings (SSSR count). The molecule has 0 amide bonds. The van der Waals surface area contributed by atoms with E-state index in [9.17, 15) is 17.6 Å². The van der Waals surface area contributed by atoms with Crippen molar-refractivity contribution in [2.45, 2.75) is 6.18 Å². The van der Waals surface area contributed by atoms with Gasteiger partial charge in [-0.3, -0.25) is 9.50 Å².